The zero-order chi connectivity index (χ0) is 11.9. The van der Waals surface area contributed by atoms with Crippen LogP contribution in [0.3, 0.4) is 0 Å². The minimum atomic E-state index is 0.00151. The quantitative estimate of drug-likeness (QED) is 0.795. The number of aromatic nitrogens is 1. The van der Waals surface area contributed by atoms with Crippen LogP contribution >= 0.6 is 11.3 Å². The van der Waals surface area contributed by atoms with Gasteiger partial charge in [0.2, 0.25) is 0 Å². The van der Waals surface area contributed by atoms with Crippen molar-refractivity contribution in [3.05, 3.63) is 62.7 Å². The van der Waals surface area contributed by atoms with Gasteiger partial charge in [0.05, 0.1) is 0 Å². The summed E-state index contributed by atoms with van der Waals surface area (Å²) in [5.74, 6) is 0. The molecule has 0 saturated carbocycles. The normalized spacial score (nSPS) is 11.1. The van der Waals surface area contributed by atoms with Crippen molar-refractivity contribution in [2.75, 3.05) is 6.54 Å². The second-order valence-corrected chi connectivity index (χ2v) is 4.46. The van der Waals surface area contributed by atoms with E-state index in [2.05, 4.69) is 34.6 Å². The summed E-state index contributed by atoms with van der Waals surface area (Å²) in [6.07, 6.45) is 4.14. The van der Waals surface area contributed by atoms with E-state index >= 15 is 0 Å². The molecule has 3 nitrogen and oxygen atoms in total. The third-order valence-corrected chi connectivity index (χ3v) is 2.98. The van der Waals surface area contributed by atoms with E-state index in [-0.39, 0.29) is 4.87 Å². The molecule has 4 heteroatoms. The highest BCUT2D eigenvalue weighted by molar-refractivity contribution is 7.07. The Morgan fingerprint density at radius 1 is 1.29 bits per heavy atom. The summed E-state index contributed by atoms with van der Waals surface area (Å²) in [5, 5.41) is 5.08. The Kier molecular flexibility index (Phi) is 4.30. The SMILES string of the molecule is O=c1[nH]c(CNC/C=C/c2ccccc2)cs1. The molecule has 1 aromatic heterocycles. The van der Waals surface area contributed by atoms with E-state index < -0.39 is 0 Å². The molecular weight excluding hydrogens is 232 g/mol. The fraction of sp³-hybridized carbons (Fsp3) is 0.154. The highest BCUT2D eigenvalue weighted by Crippen LogP contribution is 2.00. The summed E-state index contributed by atoms with van der Waals surface area (Å²) in [6.45, 7) is 1.48. The van der Waals surface area contributed by atoms with Gasteiger partial charge in [-0.1, -0.05) is 53.8 Å². The van der Waals surface area contributed by atoms with Gasteiger partial charge in [-0.15, -0.1) is 0 Å². The van der Waals surface area contributed by atoms with Gasteiger partial charge in [0.25, 0.3) is 0 Å². The molecule has 0 radical (unpaired) electrons. The predicted molar refractivity (Wildman–Crippen MR) is 72.1 cm³/mol. The molecule has 0 aliphatic rings. The predicted octanol–water partition coefficient (Wildman–Crippen LogP) is 2.24. The van der Waals surface area contributed by atoms with E-state index in [0.717, 1.165) is 12.2 Å². The zero-order valence-corrected chi connectivity index (χ0v) is 10.2. The highest BCUT2D eigenvalue weighted by atomic mass is 32.1. The molecule has 1 aromatic carbocycles. The maximum Gasteiger partial charge on any atom is 0.304 e. The second kappa shape index (κ2) is 6.18. The Balaban J connectivity index is 1.73. The van der Waals surface area contributed by atoms with Crippen LogP contribution in [0.2, 0.25) is 0 Å². The zero-order valence-electron chi connectivity index (χ0n) is 9.35. The fourth-order valence-corrected chi connectivity index (χ4v) is 2.03. The first-order valence-electron chi connectivity index (χ1n) is 5.43. The summed E-state index contributed by atoms with van der Waals surface area (Å²) in [4.78, 5) is 13.6. The number of benzene rings is 1. The van der Waals surface area contributed by atoms with E-state index in [1.165, 1.54) is 16.9 Å². The first-order chi connectivity index (χ1) is 8.34. The number of rotatable bonds is 5. The van der Waals surface area contributed by atoms with Crippen molar-refractivity contribution >= 4 is 17.4 Å². The van der Waals surface area contributed by atoms with Crippen molar-refractivity contribution in [3.63, 3.8) is 0 Å². The average molecular weight is 246 g/mol. The van der Waals surface area contributed by atoms with Gasteiger partial charge >= 0.3 is 4.87 Å². The van der Waals surface area contributed by atoms with Crippen LogP contribution in [-0.2, 0) is 6.54 Å². The Morgan fingerprint density at radius 2 is 2.12 bits per heavy atom. The summed E-state index contributed by atoms with van der Waals surface area (Å²) < 4.78 is 0. The van der Waals surface area contributed by atoms with Gasteiger partial charge < -0.3 is 10.3 Å². The van der Waals surface area contributed by atoms with E-state index in [9.17, 15) is 4.79 Å². The topological polar surface area (TPSA) is 44.9 Å². The highest BCUT2D eigenvalue weighted by Gasteiger charge is 1.93. The molecule has 1 heterocycles. The standard InChI is InChI=1S/C13H14N2OS/c16-13-15-12(10-17-13)9-14-8-4-7-11-5-2-1-3-6-11/h1-7,10,14H,8-9H2,(H,15,16)/b7-4+. The number of hydrogen-bond donors (Lipinski definition) is 2. The van der Waals surface area contributed by atoms with E-state index in [4.69, 9.17) is 0 Å². The molecule has 17 heavy (non-hydrogen) atoms. The molecule has 88 valence electrons. The first-order valence-corrected chi connectivity index (χ1v) is 6.31. The Hall–Kier alpha value is -1.65. The van der Waals surface area contributed by atoms with Crippen molar-refractivity contribution < 1.29 is 0 Å². The fourth-order valence-electron chi connectivity index (χ4n) is 1.45. The van der Waals surface area contributed by atoms with Gasteiger partial charge in [-0.25, -0.2) is 0 Å². The minimum Gasteiger partial charge on any atom is -0.315 e. The van der Waals surface area contributed by atoms with Crippen LogP contribution in [-0.4, -0.2) is 11.5 Å². The lowest BCUT2D eigenvalue weighted by Crippen LogP contribution is -2.13. The number of nitrogens with one attached hydrogen (secondary N) is 2. The maximum atomic E-state index is 10.9. The van der Waals surface area contributed by atoms with Crippen molar-refractivity contribution in [3.8, 4) is 0 Å². The van der Waals surface area contributed by atoms with Crippen LogP contribution < -0.4 is 10.2 Å². The summed E-state index contributed by atoms with van der Waals surface area (Å²) in [6, 6.07) is 10.2. The van der Waals surface area contributed by atoms with E-state index in [1.807, 2.05) is 23.6 Å². The van der Waals surface area contributed by atoms with Gasteiger partial charge in [0, 0.05) is 24.2 Å². The lowest BCUT2D eigenvalue weighted by Gasteiger charge is -1.97. The molecule has 0 aliphatic heterocycles. The third-order valence-electron chi connectivity index (χ3n) is 2.26. The van der Waals surface area contributed by atoms with Crippen LogP contribution in [0.5, 0.6) is 0 Å². The van der Waals surface area contributed by atoms with Gasteiger partial charge in [0.15, 0.2) is 0 Å². The minimum absolute atomic E-state index is 0.00151. The van der Waals surface area contributed by atoms with Crippen LogP contribution in [0.1, 0.15) is 11.3 Å². The molecule has 2 rings (SSSR count). The summed E-state index contributed by atoms with van der Waals surface area (Å²) >= 11 is 1.20. The smallest absolute Gasteiger partial charge is 0.304 e. The molecule has 0 aliphatic carbocycles. The Labute approximate surface area is 104 Å². The molecule has 0 fully saturated rings. The molecular formula is C13H14N2OS. The van der Waals surface area contributed by atoms with E-state index in [1.54, 1.807) is 0 Å². The van der Waals surface area contributed by atoms with Crippen molar-refractivity contribution in [2.24, 2.45) is 0 Å². The van der Waals surface area contributed by atoms with Gasteiger partial charge in [-0.2, -0.15) is 0 Å². The van der Waals surface area contributed by atoms with Gasteiger partial charge in [0.1, 0.15) is 0 Å². The number of hydrogen-bond acceptors (Lipinski definition) is 3. The monoisotopic (exact) mass is 246 g/mol. The number of thiazole rings is 1. The van der Waals surface area contributed by atoms with Crippen LogP contribution in [0, 0.1) is 0 Å². The molecule has 0 unspecified atom stereocenters. The molecule has 2 aromatic rings. The van der Waals surface area contributed by atoms with Crippen LogP contribution in [0.25, 0.3) is 6.08 Å². The lowest BCUT2D eigenvalue weighted by atomic mass is 10.2. The largest absolute Gasteiger partial charge is 0.315 e. The van der Waals surface area contributed by atoms with Crippen molar-refractivity contribution in [1.82, 2.24) is 10.3 Å². The molecule has 0 bridgehead atoms. The average Bonchev–Trinajstić information content (AvgIpc) is 2.76. The van der Waals surface area contributed by atoms with Gasteiger partial charge in [-0.05, 0) is 5.56 Å². The van der Waals surface area contributed by atoms with Crippen LogP contribution in [0.15, 0.2) is 46.6 Å². The first kappa shape index (κ1) is 11.8. The Bertz CT molecular complexity index is 528. The molecule has 2 N–H and O–H groups in total. The number of aromatic amines is 1. The number of H-pyrrole nitrogens is 1. The molecule has 0 atom stereocenters. The van der Waals surface area contributed by atoms with Crippen molar-refractivity contribution in [2.45, 2.75) is 6.54 Å². The Morgan fingerprint density at radius 3 is 2.82 bits per heavy atom. The van der Waals surface area contributed by atoms with Crippen LogP contribution in [0.4, 0.5) is 0 Å². The summed E-state index contributed by atoms with van der Waals surface area (Å²) in [5.41, 5.74) is 2.13. The summed E-state index contributed by atoms with van der Waals surface area (Å²) in [7, 11) is 0. The second-order valence-electron chi connectivity index (χ2n) is 3.62. The maximum absolute atomic E-state index is 10.9. The lowest BCUT2D eigenvalue weighted by molar-refractivity contribution is 0.744. The third kappa shape index (κ3) is 4.01. The molecule has 0 amide bonds. The van der Waals surface area contributed by atoms with Crippen molar-refractivity contribution in [1.29, 1.82) is 0 Å². The van der Waals surface area contributed by atoms with E-state index in [0.29, 0.717) is 6.54 Å². The molecule has 0 spiro atoms. The van der Waals surface area contributed by atoms with Gasteiger partial charge in [-0.3, -0.25) is 4.79 Å². The molecule has 0 saturated heterocycles.